The molecule has 0 bridgehead atoms. The number of carbonyl (C=O) groups excluding carboxylic acids is 1. The van der Waals surface area contributed by atoms with Gasteiger partial charge >= 0.3 is 0 Å². The first-order valence-electron chi connectivity index (χ1n) is 8.27. The number of thiazole rings is 1. The van der Waals surface area contributed by atoms with Crippen LogP contribution in [0.2, 0.25) is 0 Å². The monoisotopic (exact) mass is 384 g/mol. The highest BCUT2D eigenvalue weighted by atomic mass is 32.1. The third-order valence-corrected chi connectivity index (χ3v) is 4.66. The van der Waals surface area contributed by atoms with Crippen LogP contribution in [0, 0.1) is 18.2 Å². The summed E-state index contributed by atoms with van der Waals surface area (Å²) in [6.45, 7) is 2.38. The fraction of sp³-hybridized carbons (Fsp3) is 0.200. The molecule has 2 aromatic carbocycles. The highest BCUT2D eigenvalue weighted by Crippen LogP contribution is 2.23. The fourth-order valence-electron chi connectivity index (χ4n) is 2.48. The molecule has 27 heavy (non-hydrogen) atoms. The van der Waals surface area contributed by atoms with Crippen LogP contribution in [0.15, 0.2) is 47.5 Å². The molecule has 138 valence electrons. The molecule has 0 fully saturated rings. The van der Waals surface area contributed by atoms with E-state index >= 15 is 0 Å². The molecule has 0 aliphatic carbocycles. The molecule has 3 rings (SSSR count). The zero-order chi connectivity index (χ0) is 19.2. The van der Waals surface area contributed by atoms with E-state index in [1.165, 1.54) is 23.5 Å². The van der Waals surface area contributed by atoms with Crippen molar-refractivity contribution in [3.05, 3.63) is 53.1 Å². The lowest BCUT2D eigenvalue weighted by Crippen LogP contribution is -2.19. The van der Waals surface area contributed by atoms with E-state index < -0.39 is 11.7 Å². The SMILES string of the molecule is C#CCn1c(=NC(=O)COc2ccccc2F)sc2cc(OCC)ccc21. The predicted molar refractivity (Wildman–Crippen MR) is 102 cm³/mol. The van der Waals surface area contributed by atoms with Gasteiger partial charge in [-0.3, -0.25) is 4.79 Å². The molecule has 5 nitrogen and oxygen atoms in total. The molecular weight excluding hydrogens is 367 g/mol. The summed E-state index contributed by atoms with van der Waals surface area (Å²) in [5.41, 5.74) is 0.864. The van der Waals surface area contributed by atoms with E-state index in [0.717, 1.165) is 16.0 Å². The number of amides is 1. The minimum atomic E-state index is -0.530. The molecule has 0 saturated carbocycles. The lowest BCUT2D eigenvalue weighted by atomic mass is 10.3. The van der Waals surface area contributed by atoms with Gasteiger partial charge in [-0.2, -0.15) is 4.99 Å². The van der Waals surface area contributed by atoms with Crippen molar-refractivity contribution in [2.24, 2.45) is 4.99 Å². The summed E-state index contributed by atoms with van der Waals surface area (Å²) in [7, 11) is 0. The van der Waals surface area contributed by atoms with E-state index in [1.807, 2.05) is 25.1 Å². The topological polar surface area (TPSA) is 52.8 Å². The van der Waals surface area contributed by atoms with Crippen LogP contribution in [0.3, 0.4) is 0 Å². The van der Waals surface area contributed by atoms with E-state index in [0.29, 0.717) is 11.4 Å². The summed E-state index contributed by atoms with van der Waals surface area (Å²) in [5.74, 6) is 2.26. The molecule has 0 aliphatic heterocycles. The summed E-state index contributed by atoms with van der Waals surface area (Å²) in [5, 5.41) is 0. The van der Waals surface area contributed by atoms with Gasteiger partial charge in [0, 0.05) is 0 Å². The van der Waals surface area contributed by atoms with Crippen molar-refractivity contribution in [3.8, 4) is 23.8 Å². The van der Waals surface area contributed by atoms with E-state index in [-0.39, 0.29) is 18.9 Å². The van der Waals surface area contributed by atoms with Gasteiger partial charge in [-0.25, -0.2) is 4.39 Å². The molecule has 0 atom stereocenters. The van der Waals surface area contributed by atoms with E-state index in [2.05, 4.69) is 10.9 Å². The quantitative estimate of drug-likeness (QED) is 0.612. The number of rotatable bonds is 6. The Morgan fingerprint density at radius 2 is 2.11 bits per heavy atom. The highest BCUT2D eigenvalue weighted by Gasteiger charge is 2.10. The summed E-state index contributed by atoms with van der Waals surface area (Å²) in [6.07, 6.45) is 5.46. The zero-order valence-electron chi connectivity index (χ0n) is 14.6. The largest absolute Gasteiger partial charge is 0.494 e. The number of ether oxygens (including phenoxy) is 2. The van der Waals surface area contributed by atoms with Gasteiger partial charge in [-0.1, -0.05) is 29.4 Å². The Hall–Kier alpha value is -3.11. The van der Waals surface area contributed by atoms with Gasteiger partial charge in [0.15, 0.2) is 23.0 Å². The lowest BCUT2D eigenvalue weighted by Gasteiger charge is -2.04. The highest BCUT2D eigenvalue weighted by molar-refractivity contribution is 7.16. The van der Waals surface area contributed by atoms with Crippen molar-refractivity contribution in [1.29, 1.82) is 0 Å². The molecule has 0 radical (unpaired) electrons. The van der Waals surface area contributed by atoms with Gasteiger partial charge in [-0.05, 0) is 37.3 Å². The number of aromatic nitrogens is 1. The van der Waals surface area contributed by atoms with E-state index in [4.69, 9.17) is 15.9 Å². The van der Waals surface area contributed by atoms with Crippen LogP contribution in [-0.4, -0.2) is 23.7 Å². The Labute approximate surface area is 159 Å². The van der Waals surface area contributed by atoms with Gasteiger partial charge in [-0.15, -0.1) is 6.42 Å². The Bertz CT molecular complexity index is 1080. The number of carbonyl (C=O) groups is 1. The Morgan fingerprint density at radius 3 is 2.85 bits per heavy atom. The Morgan fingerprint density at radius 1 is 1.30 bits per heavy atom. The number of halogens is 1. The predicted octanol–water partition coefficient (Wildman–Crippen LogP) is 3.38. The van der Waals surface area contributed by atoms with Gasteiger partial charge in [0.2, 0.25) is 0 Å². The summed E-state index contributed by atoms with van der Waals surface area (Å²) >= 11 is 1.33. The first-order chi connectivity index (χ1) is 13.1. The summed E-state index contributed by atoms with van der Waals surface area (Å²) < 4.78 is 27.0. The smallest absolute Gasteiger partial charge is 0.286 e. The molecule has 1 aromatic heterocycles. The van der Waals surface area contributed by atoms with Gasteiger partial charge in [0.05, 0.1) is 23.4 Å². The fourth-order valence-corrected chi connectivity index (χ4v) is 3.55. The van der Waals surface area contributed by atoms with E-state index in [9.17, 15) is 9.18 Å². The van der Waals surface area contributed by atoms with Crippen molar-refractivity contribution < 1.29 is 18.7 Å². The molecule has 0 spiro atoms. The molecule has 0 saturated heterocycles. The van der Waals surface area contributed by atoms with Gasteiger partial charge in [0.1, 0.15) is 5.75 Å². The normalized spacial score (nSPS) is 11.4. The number of hydrogen-bond donors (Lipinski definition) is 0. The van der Waals surface area contributed by atoms with Crippen LogP contribution < -0.4 is 14.3 Å². The first kappa shape index (κ1) is 18.7. The molecule has 7 heteroatoms. The lowest BCUT2D eigenvalue weighted by molar-refractivity contribution is -0.120. The van der Waals surface area contributed by atoms with Crippen molar-refractivity contribution in [2.45, 2.75) is 13.5 Å². The van der Waals surface area contributed by atoms with Crippen LogP contribution >= 0.6 is 11.3 Å². The molecular formula is C20H17FN2O3S. The van der Waals surface area contributed by atoms with Crippen molar-refractivity contribution >= 4 is 27.5 Å². The van der Waals surface area contributed by atoms with Crippen LogP contribution in [-0.2, 0) is 11.3 Å². The minimum Gasteiger partial charge on any atom is -0.494 e. The third kappa shape index (κ3) is 4.36. The Balaban J connectivity index is 1.89. The maximum absolute atomic E-state index is 13.6. The number of nitrogens with zero attached hydrogens (tertiary/aromatic N) is 2. The second kappa shape index (κ2) is 8.52. The molecule has 1 amide bonds. The molecule has 3 aromatic rings. The number of terminal acetylenes is 1. The maximum atomic E-state index is 13.6. The standard InChI is InChI=1S/C20H17FN2O3S/c1-3-11-23-16-10-9-14(25-4-2)12-18(16)27-20(23)22-19(24)13-26-17-8-6-5-7-15(17)21/h1,5-10,12H,4,11,13H2,2H3. The van der Waals surface area contributed by atoms with Crippen LogP contribution in [0.1, 0.15) is 6.92 Å². The first-order valence-corrected chi connectivity index (χ1v) is 9.08. The van der Waals surface area contributed by atoms with Crippen LogP contribution in [0.5, 0.6) is 11.5 Å². The summed E-state index contributed by atoms with van der Waals surface area (Å²) in [6, 6.07) is 11.5. The van der Waals surface area contributed by atoms with Crippen LogP contribution in [0.4, 0.5) is 4.39 Å². The molecule has 0 N–H and O–H groups in total. The van der Waals surface area contributed by atoms with Crippen molar-refractivity contribution in [3.63, 3.8) is 0 Å². The maximum Gasteiger partial charge on any atom is 0.286 e. The molecule has 1 heterocycles. The number of hydrogen-bond acceptors (Lipinski definition) is 4. The average molecular weight is 384 g/mol. The average Bonchev–Trinajstić information content (AvgIpc) is 2.98. The Kier molecular flexibility index (Phi) is 5.89. The van der Waals surface area contributed by atoms with Gasteiger partial charge < -0.3 is 14.0 Å². The van der Waals surface area contributed by atoms with Gasteiger partial charge in [0.25, 0.3) is 5.91 Å². The summed E-state index contributed by atoms with van der Waals surface area (Å²) in [4.78, 5) is 16.8. The second-order valence-corrected chi connectivity index (χ2v) is 6.47. The third-order valence-electron chi connectivity index (χ3n) is 3.62. The van der Waals surface area contributed by atoms with Crippen LogP contribution in [0.25, 0.3) is 10.2 Å². The second-order valence-electron chi connectivity index (χ2n) is 5.46. The number of para-hydroxylation sites is 1. The number of fused-ring (bicyclic) bond motifs is 1. The zero-order valence-corrected chi connectivity index (χ0v) is 15.5. The van der Waals surface area contributed by atoms with Crippen molar-refractivity contribution in [1.82, 2.24) is 4.57 Å². The molecule has 0 unspecified atom stereocenters. The minimum absolute atomic E-state index is 0.00949. The van der Waals surface area contributed by atoms with Crippen molar-refractivity contribution in [2.75, 3.05) is 13.2 Å². The molecule has 0 aliphatic rings. The number of benzene rings is 2. The van der Waals surface area contributed by atoms with E-state index in [1.54, 1.807) is 16.7 Å².